The van der Waals surface area contributed by atoms with Gasteiger partial charge in [0, 0.05) is 47.5 Å². The van der Waals surface area contributed by atoms with Crippen molar-refractivity contribution in [3.05, 3.63) is 11.1 Å². The zero-order valence-corrected chi connectivity index (χ0v) is 23.4. The van der Waals surface area contributed by atoms with Gasteiger partial charge >= 0.3 is 5.97 Å². The fourth-order valence-electron chi connectivity index (χ4n) is 9.20. The quantitative estimate of drug-likeness (QED) is 0.484. The second-order valence-corrected chi connectivity index (χ2v) is 13.9. The Morgan fingerprint density at radius 3 is 2.22 bits per heavy atom. The Balaban J connectivity index is 1.74. The predicted octanol–water partition coefficient (Wildman–Crippen LogP) is 4.13. The SMILES string of the molecule is CC(CC(=O)C[C@@H](C)[C@H]1C[C@H](O)[C@@]2(C)C3=C(C(=O)C[C@]12C)[C@@]1(C)CCC(=O)C(C)(C)[C@@H]1C[C@H]3O)C(=O)O. The van der Waals surface area contributed by atoms with Crippen LogP contribution in [0.25, 0.3) is 0 Å². The first-order valence-corrected chi connectivity index (χ1v) is 13.8. The van der Waals surface area contributed by atoms with Crippen LogP contribution in [0.3, 0.4) is 0 Å². The maximum absolute atomic E-state index is 14.1. The van der Waals surface area contributed by atoms with Gasteiger partial charge in [-0.2, -0.15) is 0 Å². The molecular weight excluding hydrogens is 472 g/mol. The molecule has 2 fully saturated rings. The molecule has 1 unspecified atom stereocenters. The van der Waals surface area contributed by atoms with Gasteiger partial charge in [-0.25, -0.2) is 0 Å². The number of aliphatic hydroxyl groups is 2. The van der Waals surface area contributed by atoms with E-state index in [1.807, 2.05) is 34.6 Å². The first kappa shape index (κ1) is 28.2. The van der Waals surface area contributed by atoms with Gasteiger partial charge in [0.15, 0.2) is 5.78 Å². The minimum atomic E-state index is -1.00. The predicted molar refractivity (Wildman–Crippen MR) is 137 cm³/mol. The van der Waals surface area contributed by atoms with Crippen molar-refractivity contribution in [2.75, 3.05) is 0 Å². The van der Waals surface area contributed by atoms with E-state index in [1.54, 1.807) is 0 Å². The normalized spacial score (nSPS) is 42.5. The highest BCUT2D eigenvalue weighted by Gasteiger charge is 2.70. The number of rotatable bonds is 6. The van der Waals surface area contributed by atoms with Crippen LogP contribution in [0.2, 0.25) is 0 Å². The minimum Gasteiger partial charge on any atom is -0.481 e. The second kappa shape index (κ2) is 8.84. The molecular formula is C30H44O7. The highest BCUT2D eigenvalue weighted by molar-refractivity contribution is 6.01. The lowest BCUT2D eigenvalue weighted by atomic mass is 9.42. The second-order valence-electron chi connectivity index (χ2n) is 13.9. The van der Waals surface area contributed by atoms with Gasteiger partial charge < -0.3 is 15.3 Å². The van der Waals surface area contributed by atoms with Crippen molar-refractivity contribution in [2.45, 2.75) is 106 Å². The van der Waals surface area contributed by atoms with E-state index in [9.17, 15) is 34.5 Å². The maximum Gasteiger partial charge on any atom is 0.306 e. The van der Waals surface area contributed by atoms with Gasteiger partial charge in [-0.3, -0.25) is 19.2 Å². The number of carbonyl (C=O) groups excluding carboxylic acids is 3. The lowest BCUT2D eigenvalue weighted by molar-refractivity contribution is -0.146. The third-order valence-electron chi connectivity index (χ3n) is 11.6. The Labute approximate surface area is 220 Å². The van der Waals surface area contributed by atoms with Crippen molar-refractivity contribution < 1.29 is 34.5 Å². The molecule has 0 aliphatic heterocycles. The fourth-order valence-corrected chi connectivity index (χ4v) is 9.20. The number of aliphatic carboxylic acids is 1. The summed E-state index contributed by atoms with van der Waals surface area (Å²) < 4.78 is 0. The van der Waals surface area contributed by atoms with Crippen molar-refractivity contribution in [2.24, 2.45) is 45.3 Å². The van der Waals surface area contributed by atoms with Crippen LogP contribution in [-0.2, 0) is 19.2 Å². The van der Waals surface area contributed by atoms with Crippen LogP contribution in [-0.4, -0.2) is 50.8 Å². The smallest absolute Gasteiger partial charge is 0.306 e. The Bertz CT molecular complexity index is 1070. The van der Waals surface area contributed by atoms with Gasteiger partial charge in [0.1, 0.15) is 11.6 Å². The van der Waals surface area contributed by atoms with Crippen molar-refractivity contribution in [1.29, 1.82) is 0 Å². The molecule has 0 heterocycles. The zero-order chi connectivity index (χ0) is 27.9. The Kier molecular flexibility index (Phi) is 6.72. The largest absolute Gasteiger partial charge is 0.481 e. The van der Waals surface area contributed by atoms with E-state index < -0.39 is 45.8 Å². The van der Waals surface area contributed by atoms with Crippen LogP contribution in [0.4, 0.5) is 0 Å². The van der Waals surface area contributed by atoms with Gasteiger partial charge in [-0.15, -0.1) is 0 Å². The third kappa shape index (κ3) is 3.82. The lowest BCUT2D eigenvalue weighted by Gasteiger charge is -2.61. The molecule has 0 radical (unpaired) electrons. The third-order valence-corrected chi connectivity index (χ3v) is 11.6. The van der Waals surface area contributed by atoms with Crippen LogP contribution < -0.4 is 0 Å². The van der Waals surface area contributed by atoms with Crippen LogP contribution >= 0.6 is 0 Å². The number of allylic oxidation sites excluding steroid dienone is 1. The molecule has 0 aromatic heterocycles. The first-order valence-electron chi connectivity index (χ1n) is 13.8. The summed E-state index contributed by atoms with van der Waals surface area (Å²) in [6.07, 6.45) is 0.421. The summed E-state index contributed by atoms with van der Waals surface area (Å²) in [6.45, 7) is 13.4. The summed E-state index contributed by atoms with van der Waals surface area (Å²) in [6, 6.07) is 0. The number of carboxylic acid groups (broad SMARTS) is 1. The van der Waals surface area contributed by atoms with Crippen LogP contribution in [0.15, 0.2) is 11.1 Å². The molecule has 206 valence electrons. The first-order chi connectivity index (χ1) is 16.9. The molecule has 0 amide bonds. The summed E-state index contributed by atoms with van der Waals surface area (Å²) in [4.78, 5) is 50.8. The van der Waals surface area contributed by atoms with E-state index in [1.165, 1.54) is 6.92 Å². The zero-order valence-electron chi connectivity index (χ0n) is 23.4. The number of hydrogen-bond donors (Lipinski definition) is 3. The van der Waals surface area contributed by atoms with E-state index in [4.69, 9.17) is 0 Å². The minimum absolute atomic E-state index is 0.0106. The number of aliphatic hydroxyl groups excluding tert-OH is 2. The summed E-state index contributed by atoms with van der Waals surface area (Å²) in [5, 5.41) is 32.4. The molecule has 7 nitrogen and oxygen atoms in total. The average Bonchev–Trinajstić information content (AvgIpc) is 2.99. The lowest BCUT2D eigenvalue weighted by Crippen LogP contribution is -2.60. The van der Waals surface area contributed by atoms with Crippen LogP contribution in [0, 0.1) is 45.3 Å². The van der Waals surface area contributed by atoms with Crippen molar-refractivity contribution in [3.63, 3.8) is 0 Å². The maximum atomic E-state index is 14.1. The molecule has 3 N–H and O–H groups in total. The number of Topliss-reactive ketones (excluding diaryl/α,β-unsaturated/α-hetero) is 3. The monoisotopic (exact) mass is 516 g/mol. The Morgan fingerprint density at radius 1 is 1.00 bits per heavy atom. The Morgan fingerprint density at radius 2 is 1.62 bits per heavy atom. The molecule has 9 atom stereocenters. The molecule has 0 aromatic carbocycles. The topological polar surface area (TPSA) is 129 Å². The summed E-state index contributed by atoms with van der Waals surface area (Å²) in [7, 11) is 0. The number of hydrogen-bond acceptors (Lipinski definition) is 6. The fraction of sp³-hybridized carbons (Fsp3) is 0.800. The summed E-state index contributed by atoms with van der Waals surface area (Å²) in [5.41, 5.74) is -1.40. The van der Waals surface area contributed by atoms with Crippen LogP contribution in [0.1, 0.15) is 93.4 Å². The molecule has 37 heavy (non-hydrogen) atoms. The molecule has 4 aliphatic carbocycles. The summed E-state index contributed by atoms with van der Waals surface area (Å²) >= 11 is 0. The molecule has 2 saturated carbocycles. The van der Waals surface area contributed by atoms with Gasteiger partial charge in [0.05, 0.1) is 18.1 Å². The molecule has 7 heteroatoms. The highest BCUT2D eigenvalue weighted by atomic mass is 16.4. The molecule has 4 rings (SSSR count). The van der Waals surface area contributed by atoms with E-state index in [2.05, 4.69) is 6.92 Å². The molecule has 0 aromatic rings. The van der Waals surface area contributed by atoms with Gasteiger partial charge in [-0.05, 0) is 48.0 Å². The number of carbonyl (C=O) groups is 4. The van der Waals surface area contributed by atoms with Gasteiger partial charge in [0.25, 0.3) is 0 Å². The van der Waals surface area contributed by atoms with Crippen LogP contribution in [0.5, 0.6) is 0 Å². The Hall–Kier alpha value is -1.86. The van der Waals surface area contributed by atoms with E-state index in [-0.39, 0.29) is 54.4 Å². The molecule has 0 spiro atoms. The molecule has 4 aliphatic rings. The highest BCUT2D eigenvalue weighted by Crippen LogP contribution is 2.71. The number of carboxylic acids is 1. The van der Waals surface area contributed by atoms with Crippen molar-refractivity contribution >= 4 is 23.3 Å². The molecule has 0 bridgehead atoms. The van der Waals surface area contributed by atoms with Gasteiger partial charge in [-0.1, -0.05) is 48.5 Å². The summed E-state index contributed by atoms with van der Waals surface area (Å²) in [5.74, 6) is -2.17. The van der Waals surface area contributed by atoms with E-state index in [0.29, 0.717) is 36.8 Å². The van der Waals surface area contributed by atoms with Gasteiger partial charge in [0.2, 0.25) is 0 Å². The van der Waals surface area contributed by atoms with E-state index >= 15 is 0 Å². The average molecular weight is 517 g/mol. The van der Waals surface area contributed by atoms with Crippen molar-refractivity contribution in [1.82, 2.24) is 0 Å². The number of fused-ring (bicyclic) bond motifs is 4. The van der Waals surface area contributed by atoms with E-state index in [0.717, 1.165) is 0 Å². The molecule has 0 saturated heterocycles. The standard InChI is InChI=1S/C30H44O7/c1-15(10-17(31)11-16(2)26(36)37)18-12-23(35)30(7)25-19(32)13-21-27(3,4)22(34)8-9-28(21,5)24(25)20(33)14-29(18,30)6/h15-16,18-19,21,23,32,35H,8-14H2,1-7H3,(H,36,37)/t15-,16?,18-,19-,21+,23+,28+,29-,30+/m1/s1. The number of ketones is 3. The van der Waals surface area contributed by atoms with Crippen molar-refractivity contribution in [3.8, 4) is 0 Å².